The van der Waals surface area contributed by atoms with Crippen LogP contribution in [0.3, 0.4) is 0 Å². The van der Waals surface area contributed by atoms with Crippen LogP contribution in [0.4, 0.5) is 5.13 Å². The molecule has 2 amide bonds. The number of carbonyl (C=O) groups excluding carboxylic acids is 2. The molecule has 1 aliphatic rings. The lowest BCUT2D eigenvalue weighted by Gasteiger charge is -2.26. The van der Waals surface area contributed by atoms with Crippen molar-refractivity contribution in [1.82, 2.24) is 34.6 Å². The number of amides is 2. The number of carbonyl (C=O) groups is 2. The van der Waals surface area contributed by atoms with E-state index >= 15 is 0 Å². The molecule has 0 spiro atoms. The van der Waals surface area contributed by atoms with Crippen molar-refractivity contribution in [3.05, 3.63) is 69.9 Å². The van der Waals surface area contributed by atoms with E-state index in [0.29, 0.717) is 40.0 Å². The number of aryl methyl sites for hydroxylation is 1. The van der Waals surface area contributed by atoms with Crippen molar-refractivity contribution in [3.63, 3.8) is 0 Å². The molecular formula is C25H25ClN8O5S3. The predicted molar refractivity (Wildman–Crippen MR) is 158 cm³/mol. The van der Waals surface area contributed by atoms with Crippen LogP contribution in [-0.4, -0.2) is 81.6 Å². The Balaban J connectivity index is 1.28. The smallest absolute Gasteiger partial charge is 0.251 e. The maximum absolute atomic E-state index is 12.9. The van der Waals surface area contributed by atoms with E-state index in [1.807, 2.05) is 6.07 Å². The number of hydrogen-bond acceptors (Lipinski definition) is 11. The molecule has 4 aromatic rings. The molecule has 1 fully saturated rings. The van der Waals surface area contributed by atoms with Gasteiger partial charge in [0, 0.05) is 23.7 Å². The van der Waals surface area contributed by atoms with E-state index in [2.05, 4.69) is 31.0 Å². The minimum atomic E-state index is -3.67. The fraction of sp³-hybridized carbons (Fsp3) is 0.280. The molecule has 1 aliphatic heterocycles. The maximum atomic E-state index is 12.9. The third-order valence-corrected chi connectivity index (χ3v) is 9.83. The number of morpholine rings is 1. The first-order valence-electron chi connectivity index (χ1n) is 12.6. The first-order chi connectivity index (χ1) is 20.2. The Labute approximate surface area is 254 Å². The molecule has 0 unspecified atom stereocenters. The second kappa shape index (κ2) is 13.3. The van der Waals surface area contributed by atoms with Crippen molar-refractivity contribution in [3.8, 4) is 5.69 Å². The summed E-state index contributed by atoms with van der Waals surface area (Å²) in [4.78, 5) is 25.5. The Hall–Kier alpha value is -3.41. The van der Waals surface area contributed by atoms with Gasteiger partial charge in [-0.05, 0) is 49.4 Å². The number of ether oxygens (including phenoxy) is 1. The van der Waals surface area contributed by atoms with Gasteiger partial charge in [0.05, 0.1) is 36.1 Å². The Bertz CT molecular complexity index is 1690. The van der Waals surface area contributed by atoms with Gasteiger partial charge < -0.3 is 10.1 Å². The van der Waals surface area contributed by atoms with Crippen LogP contribution in [0.5, 0.6) is 0 Å². The highest BCUT2D eigenvalue weighted by Gasteiger charge is 2.26. The molecule has 5 rings (SSSR count). The van der Waals surface area contributed by atoms with E-state index in [9.17, 15) is 18.0 Å². The standard InChI is InChI=1S/C25H25ClN8O5S3/c1-16-29-31-24(41-16)28-22(35)15-40-25-32-30-21(34(25)19-4-2-3-18(26)13-19)14-27-23(36)17-5-7-20(8-6-17)42(37,38)33-9-11-39-12-10-33/h2-8,13H,9-12,14-15H2,1H3,(H,27,36)(H,28,31,35). The van der Waals surface area contributed by atoms with Crippen LogP contribution in [0.2, 0.25) is 5.02 Å². The summed E-state index contributed by atoms with van der Waals surface area (Å²) < 4.78 is 34.1. The Morgan fingerprint density at radius 2 is 1.83 bits per heavy atom. The monoisotopic (exact) mass is 648 g/mol. The van der Waals surface area contributed by atoms with Gasteiger partial charge in [-0.1, -0.05) is 40.8 Å². The number of aromatic nitrogens is 5. The lowest BCUT2D eigenvalue weighted by Crippen LogP contribution is -2.40. The molecule has 17 heteroatoms. The summed E-state index contributed by atoms with van der Waals surface area (Å²) in [5, 5.41) is 23.8. The molecule has 3 heterocycles. The third kappa shape index (κ3) is 7.14. The zero-order chi connectivity index (χ0) is 29.7. The number of thioether (sulfide) groups is 1. The van der Waals surface area contributed by atoms with Gasteiger partial charge in [-0.3, -0.25) is 19.5 Å². The van der Waals surface area contributed by atoms with Crippen LogP contribution in [0, 0.1) is 6.92 Å². The number of nitrogens with one attached hydrogen (secondary N) is 2. The van der Waals surface area contributed by atoms with Crippen LogP contribution in [0.1, 0.15) is 21.2 Å². The van der Waals surface area contributed by atoms with Crippen molar-refractivity contribution in [2.45, 2.75) is 23.5 Å². The lowest BCUT2D eigenvalue weighted by atomic mass is 10.2. The minimum absolute atomic E-state index is 0.00297. The van der Waals surface area contributed by atoms with Crippen molar-refractivity contribution >= 4 is 61.7 Å². The number of benzene rings is 2. The van der Waals surface area contributed by atoms with Crippen LogP contribution in [0.25, 0.3) is 5.69 Å². The van der Waals surface area contributed by atoms with E-state index in [1.54, 1.807) is 29.7 Å². The summed E-state index contributed by atoms with van der Waals surface area (Å²) in [6.07, 6.45) is 0. The summed E-state index contributed by atoms with van der Waals surface area (Å²) >= 11 is 8.66. The molecular weight excluding hydrogens is 624 g/mol. The second-order valence-electron chi connectivity index (χ2n) is 8.90. The van der Waals surface area contributed by atoms with E-state index in [1.165, 1.54) is 39.9 Å². The summed E-state index contributed by atoms with van der Waals surface area (Å²) in [5.41, 5.74) is 0.931. The van der Waals surface area contributed by atoms with Crippen molar-refractivity contribution in [2.24, 2.45) is 0 Å². The molecule has 220 valence electrons. The highest BCUT2D eigenvalue weighted by Crippen LogP contribution is 2.25. The molecule has 0 atom stereocenters. The number of rotatable bonds is 10. The summed E-state index contributed by atoms with van der Waals surface area (Å²) in [7, 11) is -3.67. The molecule has 2 N–H and O–H groups in total. The SMILES string of the molecule is Cc1nnc(NC(=O)CSc2nnc(CNC(=O)c3ccc(S(=O)(=O)N4CCOCC4)cc3)n2-c2cccc(Cl)c2)s1. The zero-order valence-corrected chi connectivity index (χ0v) is 25.4. The number of nitrogens with zero attached hydrogens (tertiary/aromatic N) is 6. The van der Waals surface area contributed by atoms with Crippen molar-refractivity contribution in [1.29, 1.82) is 0 Å². The Morgan fingerprint density at radius 1 is 1.07 bits per heavy atom. The third-order valence-electron chi connectivity index (χ3n) is 6.00. The van der Waals surface area contributed by atoms with Crippen molar-refractivity contribution in [2.75, 3.05) is 37.4 Å². The number of sulfonamides is 1. The number of hydrogen-bond donors (Lipinski definition) is 2. The fourth-order valence-corrected chi connectivity index (χ4v) is 6.96. The predicted octanol–water partition coefficient (Wildman–Crippen LogP) is 2.76. The molecule has 13 nitrogen and oxygen atoms in total. The first kappa shape index (κ1) is 30.1. The maximum Gasteiger partial charge on any atom is 0.251 e. The van der Waals surface area contributed by atoms with Gasteiger partial charge in [-0.25, -0.2) is 8.42 Å². The second-order valence-corrected chi connectivity index (χ2v) is 13.4. The molecule has 1 saturated heterocycles. The van der Waals surface area contributed by atoms with Gasteiger partial charge in [-0.2, -0.15) is 4.31 Å². The van der Waals surface area contributed by atoms with Gasteiger partial charge in [0.15, 0.2) is 11.0 Å². The van der Waals surface area contributed by atoms with Crippen LogP contribution < -0.4 is 10.6 Å². The van der Waals surface area contributed by atoms with Gasteiger partial charge in [0.25, 0.3) is 5.91 Å². The van der Waals surface area contributed by atoms with E-state index in [-0.39, 0.29) is 41.8 Å². The average Bonchev–Trinajstić information content (AvgIpc) is 3.60. The summed E-state index contributed by atoms with van der Waals surface area (Å²) in [6.45, 7) is 3.05. The first-order valence-corrected chi connectivity index (χ1v) is 16.2. The largest absolute Gasteiger partial charge is 0.379 e. The molecule has 0 aliphatic carbocycles. The molecule has 42 heavy (non-hydrogen) atoms. The van der Waals surface area contributed by atoms with Gasteiger partial charge in [0.2, 0.25) is 21.1 Å². The van der Waals surface area contributed by atoms with E-state index in [0.717, 1.165) is 16.8 Å². The minimum Gasteiger partial charge on any atom is -0.379 e. The summed E-state index contributed by atoms with van der Waals surface area (Å²) in [5.74, 6) is -0.277. The molecule has 0 bridgehead atoms. The number of halogens is 1. The van der Waals surface area contributed by atoms with Gasteiger partial charge >= 0.3 is 0 Å². The zero-order valence-electron chi connectivity index (χ0n) is 22.2. The highest BCUT2D eigenvalue weighted by atomic mass is 35.5. The van der Waals surface area contributed by atoms with Crippen LogP contribution in [0.15, 0.2) is 58.6 Å². The fourth-order valence-electron chi connectivity index (χ4n) is 3.99. The lowest BCUT2D eigenvalue weighted by molar-refractivity contribution is -0.113. The molecule has 2 aromatic carbocycles. The quantitative estimate of drug-likeness (QED) is 0.245. The molecule has 2 aromatic heterocycles. The Kier molecular flexibility index (Phi) is 9.50. The van der Waals surface area contributed by atoms with Gasteiger partial charge in [-0.15, -0.1) is 20.4 Å². The average molecular weight is 649 g/mol. The van der Waals surface area contributed by atoms with Crippen molar-refractivity contribution < 1.29 is 22.7 Å². The van der Waals surface area contributed by atoms with Crippen LogP contribution in [-0.2, 0) is 26.1 Å². The topological polar surface area (TPSA) is 161 Å². The van der Waals surface area contributed by atoms with Crippen LogP contribution >= 0.6 is 34.7 Å². The molecule has 0 saturated carbocycles. The number of anilines is 1. The van der Waals surface area contributed by atoms with E-state index in [4.69, 9.17) is 16.3 Å². The molecule has 0 radical (unpaired) electrons. The normalized spacial score (nSPS) is 14.0. The summed E-state index contributed by atoms with van der Waals surface area (Å²) in [6, 6.07) is 12.8. The highest BCUT2D eigenvalue weighted by molar-refractivity contribution is 7.99. The Morgan fingerprint density at radius 3 is 2.52 bits per heavy atom. The van der Waals surface area contributed by atoms with E-state index < -0.39 is 15.9 Å². The van der Waals surface area contributed by atoms with Gasteiger partial charge in [0.1, 0.15) is 5.01 Å².